The minimum Gasteiger partial charge on any atom is -0.497 e. The number of piperazine rings is 1. The number of nitrogens with zero attached hydrogens (tertiary/aromatic N) is 2. The smallest absolute Gasteiger partial charge is 0.127 e. The fourth-order valence-corrected chi connectivity index (χ4v) is 3.11. The number of nitrogens with one attached hydrogen (secondary N) is 1. The highest BCUT2D eigenvalue weighted by molar-refractivity contribution is 5.45. The summed E-state index contributed by atoms with van der Waals surface area (Å²) >= 11 is 0. The summed E-state index contributed by atoms with van der Waals surface area (Å²) in [6.45, 7) is 3.98. The van der Waals surface area contributed by atoms with Crippen molar-refractivity contribution in [2.45, 2.75) is 6.04 Å². The zero-order valence-corrected chi connectivity index (χ0v) is 13.7. The molecule has 3 rings (SSSR count). The molecule has 0 radical (unpaired) electrons. The van der Waals surface area contributed by atoms with Crippen molar-refractivity contribution in [2.24, 2.45) is 0 Å². The fraction of sp³-hybridized carbons (Fsp3) is 0.389. The Hall–Kier alpha value is -2.11. The molecule has 1 saturated heterocycles. The third kappa shape index (κ3) is 3.46. The van der Waals surface area contributed by atoms with Gasteiger partial charge in [0.2, 0.25) is 0 Å². The molecule has 1 aromatic carbocycles. The number of hydrogen-bond acceptors (Lipinski definition) is 5. The molecule has 0 spiro atoms. The number of hydrogen-bond donors (Lipinski definition) is 1. The van der Waals surface area contributed by atoms with Crippen LogP contribution in [0.2, 0.25) is 0 Å². The molecule has 0 amide bonds. The number of pyridine rings is 1. The van der Waals surface area contributed by atoms with Gasteiger partial charge in [0.15, 0.2) is 0 Å². The molecule has 1 fully saturated rings. The van der Waals surface area contributed by atoms with E-state index in [9.17, 15) is 0 Å². The predicted octanol–water partition coefficient (Wildman–Crippen LogP) is 2.09. The molecule has 1 atom stereocenters. The molecule has 1 aromatic heterocycles. The SMILES string of the molecule is COc1ccc(C(c2cccnc2)N2CCNCC2)c(OC)c1. The Bertz CT molecular complexity index is 627. The van der Waals surface area contributed by atoms with Gasteiger partial charge < -0.3 is 14.8 Å². The lowest BCUT2D eigenvalue weighted by atomic mass is 9.96. The van der Waals surface area contributed by atoms with E-state index in [0.29, 0.717) is 0 Å². The first-order chi connectivity index (χ1) is 11.3. The lowest BCUT2D eigenvalue weighted by Gasteiger charge is -2.36. The van der Waals surface area contributed by atoms with Crippen molar-refractivity contribution >= 4 is 0 Å². The second-order valence-electron chi connectivity index (χ2n) is 5.58. The quantitative estimate of drug-likeness (QED) is 0.916. The van der Waals surface area contributed by atoms with Gasteiger partial charge in [-0.15, -0.1) is 0 Å². The Morgan fingerprint density at radius 3 is 2.61 bits per heavy atom. The van der Waals surface area contributed by atoms with Gasteiger partial charge in [0.25, 0.3) is 0 Å². The molecule has 0 bridgehead atoms. The average molecular weight is 313 g/mol. The zero-order chi connectivity index (χ0) is 16.1. The van der Waals surface area contributed by atoms with Gasteiger partial charge in [-0.05, 0) is 23.8 Å². The van der Waals surface area contributed by atoms with Gasteiger partial charge in [-0.2, -0.15) is 0 Å². The van der Waals surface area contributed by atoms with Gasteiger partial charge >= 0.3 is 0 Å². The molecule has 5 heteroatoms. The minimum atomic E-state index is 0.131. The van der Waals surface area contributed by atoms with Crippen LogP contribution in [0.25, 0.3) is 0 Å². The Morgan fingerprint density at radius 1 is 1.13 bits per heavy atom. The maximum Gasteiger partial charge on any atom is 0.127 e. The summed E-state index contributed by atoms with van der Waals surface area (Å²) in [5.74, 6) is 1.65. The number of aromatic nitrogens is 1. The van der Waals surface area contributed by atoms with Crippen LogP contribution in [0.3, 0.4) is 0 Å². The molecule has 1 aliphatic rings. The van der Waals surface area contributed by atoms with Crippen LogP contribution in [0.1, 0.15) is 17.2 Å². The second-order valence-corrected chi connectivity index (χ2v) is 5.58. The molecule has 1 aliphatic heterocycles. The Morgan fingerprint density at radius 2 is 1.96 bits per heavy atom. The molecule has 0 aliphatic carbocycles. The third-order valence-corrected chi connectivity index (χ3v) is 4.25. The normalized spacial score (nSPS) is 16.8. The van der Waals surface area contributed by atoms with Crippen molar-refractivity contribution in [2.75, 3.05) is 40.4 Å². The molecule has 2 heterocycles. The average Bonchev–Trinajstić information content (AvgIpc) is 2.64. The lowest BCUT2D eigenvalue weighted by Crippen LogP contribution is -2.45. The van der Waals surface area contributed by atoms with E-state index in [-0.39, 0.29) is 6.04 Å². The number of methoxy groups -OCH3 is 2. The summed E-state index contributed by atoms with van der Waals surface area (Å²) in [5.41, 5.74) is 2.32. The summed E-state index contributed by atoms with van der Waals surface area (Å²) in [6.07, 6.45) is 3.75. The molecule has 122 valence electrons. The largest absolute Gasteiger partial charge is 0.497 e. The topological polar surface area (TPSA) is 46.6 Å². The van der Waals surface area contributed by atoms with Crippen molar-refractivity contribution in [3.05, 3.63) is 53.9 Å². The third-order valence-electron chi connectivity index (χ3n) is 4.25. The highest BCUT2D eigenvalue weighted by atomic mass is 16.5. The van der Waals surface area contributed by atoms with E-state index in [2.05, 4.69) is 27.3 Å². The highest BCUT2D eigenvalue weighted by Gasteiger charge is 2.26. The van der Waals surface area contributed by atoms with E-state index in [0.717, 1.165) is 43.2 Å². The lowest BCUT2D eigenvalue weighted by molar-refractivity contribution is 0.195. The number of ether oxygens (including phenoxy) is 2. The number of rotatable bonds is 5. The first-order valence-corrected chi connectivity index (χ1v) is 7.90. The van der Waals surface area contributed by atoms with Gasteiger partial charge in [0, 0.05) is 50.2 Å². The predicted molar refractivity (Wildman–Crippen MR) is 90.1 cm³/mol. The van der Waals surface area contributed by atoms with Gasteiger partial charge in [0.05, 0.1) is 20.3 Å². The molecular formula is C18H23N3O2. The molecule has 23 heavy (non-hydrogen) atoms. The van der Waals surface area contributed by atoms with Crippen LogP contribution in [-0.4, -0.2) is 50.3 Å². The molecule has 1 N–H and O–H groups in total. The van der Waals surface area contributed by atoms with Crippen molar-refractivity contribution in [3.8, 4) is 11.5 Å². The summed E-state index contributed by atoms with van der Waals surface area (Å²) in [5, 5.41) is 3.41. The van der Waals surface area contributed by atoms with Crippen molar-refractivity contribution in [1.29, 1.82) is 0 Å². The van der Waals surface area contributed by atoms with Crippen molar-refractivity contribution < 1.29 is 9.47 Å². The van der Waals surface area contributed by atoms with Crippen LogP contribution < -0.4 is 14.8 Å². The Labute approximate surface area is 137 Å². The first kappa shape index (κ1) is 15.8. The Balaban J connectivity index is 2.04. The van der Waals surface area contributed by atoms with Crippen LogP contribution in [0, 0.1) is 0 Å². The van der Waals surface area contributed by atoms with E-state index in [1.54, 1.807) is 14.2 Å². The van der Waals surface area contributed by atoms with E-state index < -0.39 is 0 Å². The maximum atomic E-state index is 5.64. The van der Waals surface area contributed by atoms with E-state index in [4.69, 9.17) is 9.47 Å². The van der Waals surface area contributed by atoms with Crippen LogP contribution in [0.15, 0.2) is 42.7 Å². The summed E-state index contributed by atoms with van der Waals surface area (Å²) in [6, 6.07) is 10.3. The van der Waals surface area contributed by atoms with Gasteiger partial charge in [0.1, 0.15) is 11.5 Å². The van der Waals surface area contributed by atoms with E-state index >= 15 is 0 Å². The summed E-state index contributed by atoms with van der Waals surface area (Å²) < 4.78 is 11.0. The fourth-order valence-electron chi connectivity index (χ4n) is 3.11. The molecule has 0 saturated carbocycles. The van der Waals surface area contributed by atoms with Crippen LogP contribution >= 0.6 is 0 Å². The molecule has 5 nitrogen and oxygen atoms in total. The second kappa shape index (κ2) is 7.44. The van der Waals surface area contributed by atoms with Gasteiger partial charge in [-0.1, -0.05) is 6.07 Å². The van der Waals surface area contributed by atoms with Gasteiger partial charge in [-0.3, -0.25) is 9.88 Å². The van der Waals surface area contributed by atoms with E-state index in [1.165, 1.54) is 5.56 Å². The van der Waals surface area contributed by atoms with Crippen molar-refractivity contribution in [1.82, 2.24) is 15.2 Å². The van der Waals surface area contributed by atoms with Crippen LogP contribution in [-0.2, 0) is 0 Å². The maximum absolute atomic E-state index is 5.64. The van der Waals surface area contributed by atoms with Crippen molar-refractivity contribution in [3.63, 3.8) is 0 Å². The summed E-state index contributed by atoms with van der Waals surface area (Å²) in [7, 11) is 3.37. The Kier molecular flexibility index (Phi) is 5.10. The highest BCUT2D eigenvalue weighted by Crippen LogP contribution is 2.36. The molecule has 1 unspecified atom stereocenters. The molecular weight excluding hydrogens is 290 g/mol. The van der Waals surface area contributed by atoms with E-state index in [1.807, 2.05) is 30.6 Å². The molecule has 2 aromatic rings. The number of benzene rings is 1. The first-order valence-electron chi connectivity index (χ1n) is 7.90. The minimum absolute atomic E-state index is 0.131. The summed E-state index contributed by atoms with van der Waals surface area (Å²) in [4.78, 5) is 6.78. The standard InChI is InChI=1S/C18H23N3O2/c1-22-15-5-6-16(17(12-15)23-2)18(14-4-3-7-20-13-14)21-10-8-19-9-11-21/h3-7,12-13,18-19H,8-11H2,1-2H3. The van der Waals surface area contributed by atoms with Crippen LogP contribution in [0.5, 0.6) is 11.5 Å². The van der Waals surface area contributed by atoms with Gasteiger partial charge in [-0.25, -0.2) is 0 Å². The zero-order valence-electron chi connectivity index (χ0n) is 13.7. The van der Waals surface area contributed by atoms with Crippen LogP contribution in [0.4, 0.5) is 0 Å². The monoisotopic (exact) mass is 313 g/mol.